The molecular weight excluding hydrogens is 414 g/mol. The molecule has 3 aromatic carbocycles. The highest BCUT2D eigenvalue weighted by atomic mass is 16.6. The van der Waals surface area contributed by atoms with Gasteiger partial charge in [-0.1, -0.05) is 0 Å². The molecular formula is C24H19NO7. The van der Waals surface area contributed by atoms with Crippen molar-refractivity contribution in [3.63, 3.8) is 0 Å². The summed E-state index contributed by atoms with van der Waals surface area (Å²) in [5.74, 6) is 2.04. The first-order valence-electron chi connectivity index (χ1n) is 9.65. The zero-order chi connectivity index (χ0) is 22.7. The number of ether oxygens (including phenoxy) is 4. The van der Waals surface area contributed by atoms with Crippen LogP contribution in [-0.4, -0.2) is 24.9 Å². The van der Waals surface area contributed by atoms with E-state index in [0.29, 0.717) is 34.1 Å². The number of rotatable bonds is 7. The maximum Gasteiger partial charge on any atom is 0.269 e. The zero-order valence-electron chi connectivity index (χ0n) is 17.4. The van der Waals surface area contributed by atoms with Crippen LogP contribution in [0.4, 0.5) is 5.69 Å². The molecule has 0 bridgehead atoms. The summed E-state index contributed by atoms with van der Waals surface area (Å²) >= 11 is 0. The quantitative estimate of drug-likeness (QED) is 0.300. The van der Waals surface area contributed by atoms with Crippen LogP contribution in [0, 0.1) is 10.1 Å². The molecule has 1 heterocycles. The molecule has 3 aromatic rings. The lowest BCUT2D eigenvalue weighted by atomic mass is 10.1. The Kier molecular flexibility index (Phi) is 5.76. The number of allylic oxidation sites excluding steroid dienone is 1. The Morgan fingerprint density at radius 2 is 1.72 bits per heavy atom. The fraction of sp³-hybridized carbons (Fsp3) is 0.125. The summed E-state index contributed by atoms with van der Waals surface area (Å²) < 4.78 is 22.1. The Bertz CT molecular complexity index is 1220. The third kappa shape index (κ3) is 4.24. The maximum absolute atomic E-state index is 12.7. The smallest absolute Gasteiger partial charge is 0.269 e. The number of carbonyl (C=O) groups excluding carboxylic acids is 1. The van der Waals surface area contributed by atoms with Gasteiger partial charge in [-0.15, -0.1) is 0 Å². The highest BCUT2D eigenvalue weighted by Gasteiger charge is 2.28. The summed E-state index contributed by atoms with van der Waals surface area (Å²) in [6.07, 6.45) is 1.62. The number of benzene rings is 3. The van der Waals surface area contributed by atoms with E-state index in [0.717, 1.165) is 5.56 Å². The summed E-state index contributed by atoms with van der Waals surface area (Å²) in [5.41, 5.74) is 1.91. The monoisotopic (exact) mass is 433 g/mol. The van der Waals surface area contributed by atoms with E-state index in [1.165, 1.54) is 19.2 Å². The van der Waals surface area contributed by atoms with Gasteiger partial charge in [0, 0.05) is 29.8 Å². The number of hydrogen-bond acceptors (Lipinski definition) is 7. The van der Waals surface area contributed by atoms with Crippen LogP contribution in [0.25, 0.3) is 6.08 Å². The lowest BCUT2D eigenvalue weighted by Crippen LogP contribution is -1.99. The zero-order valence-corrected chi connectivity index (χ0v) is 17.4. The third-order valence-electron chi connectivity index (χ3n) is 4.92. The van der Waals surface area contributed by atoms with Crippen molar-refractivity contribution in [2.75, 3.05) is 14.2 Å². The van der Waals surface area contributed by atoms with Gasteiger partial charge in [0.1, 0.15) is 29.6 Å². The van der Waals surface area contributed by atoms with Crippen molar-refractivity contribution < 1.29 is 28.7 Å². The largest absolute Gasteiger partial charge is 0.497 e. The fourth-order valence-electron chi connectivity index (χ4n) is 3.22. The Balaban J connectivity index is 1.50. The first kappa shape index (κ1) is 20.9. The second kappa shape index (κ2) is 8.81. The first-order chi connectivity index (χ1) is 15.5. The molecule has 1 aliphatic heterocycles. The van der Waals surface area contributed by atoms with Crippen LogP contribution in [-0.2, 0) is 6.61 Å². The van der Waals surface area contributed by atoms with E-state index in [2.05, 4.69) is 0 Å². The Morgan fingerprint density at radius 3 is 2.41 bits per heavy atom. The molecule has 0 spiro atoms. The number of hydrogen-bond donors (Lipinski definition) is 0. The fourth-order valence-corrected chi connectivity index (χ4v) is 3.22. The molecule has 1 aliphatic rings. The van der Waals surface area contributed by atoms with E-state index >= 15 is 0 Å². The van der Waals surface area contributed by atoms with Crippen molar-refractivity contribution in [3.8, 4) is 23.0 Å². The van der Waals surface area contributed by atoms with Gasteiger partial charge in [-0.25, -0.2) is 0 Å². The molecule has 0 saturated carbocycles. The lowest BCUT2D eigenvalue weighted by molar-refractivity contribution is -0.384. The minimum atomic E-state index is -0.452. The van der Waals surface area contributed by atoms with Crippen molar-refractivity contribution >= 4 is 17.5 Å². The second-order valence-corrected chi connectivity index (χ2v) is 6.92. The molecule has 8 heteroatoms. The number of ketones is 1. The van der Waals surface area contributed by atoms with Gasteiger partial charge in [0.15, 0.2) is 5.76 Å². The van der Waals surface area contributed by atoms with E-state index in [4.69, 9.17) is 18.9 Å². The number of fused-ring (bicyclic) bond motifs is 1. The average Bonchev–Trinajstić information content (AvgIpc) is 3.12. The van der Waals surface area contributed by atoms with Crippen LogP contribution >= 0.6 is 0 Å². The van der Waals surface area contributed by atoms with Crippen LogP contribution in [0.2, 0.25) is 0 Å². The lowest BCUT2D eigenvalue weighted by Gasteiger charge is -2.08. The van der Waals surface area contributed by atoms with Gasteiger partial charge < -0.3 is 18.9 Å². The second-order valence-electron chi connectivity index (χ2n) is 6.92. The molecule has 0 aromatic heterocycles. The van der Waals surface area contributed by atoms with Gasteiger partial charge in [0.2, 0.25) is 5.78 Å². The van der Waals surface area contributed by atoms with Crippen molar-refractivity contribution in [2.45, 2.75) is 6.61 Å². The molecule has 4 rings (SSSR count). The van der Waals surface area contributed by atoms with E-state index in [1.807, 2.05) is 0 Å². The van der Waals surface area contributed by atoms with Gasteiger partial charge in [-0.3, -0.25) is 14.9 Å². The number of Topliss-reactive ketones (excluding diaryl/α,β-unsaturated/α-hetero) is 1. The molecule has 0 fully saturated rings. The van der Waals surface area contributed by atoms with E-state index in [9.17, 15) is 14.9 Å². The number of nitro groups is 1. The van der Waals surface area contributed by atoms with Gasteiger partial charge in [-0.2, -0.15) is 0 Å². The molecule has 0 radical (unpaired) electrons. The highest BCUT2D eigenvalue weighted by Crippen LogP contribution is 2.36. The van der Waals surface area contributed by atoms with Crippen LogP contribution in [0.1, 0.15) is 21.5 Å². The van der Waals surface area contributed by atoms with Crippen LogP contribution in [0.3, 0.4) is 0 Å². The molecule has 0 saturated heterocycles. The standard InChI is InChI=1S/C24H19NO7/c1-29-18-8-5-16(21(12-18)30-2)11-23-24(26)20-10-9-19(13-22(20)32-23)31-14-15-3-6-17(7-4-15)25(27)28/h3-13H,14H2,1-2H3/b23-11-. The van der Waals surface area contributed by atoms with Gasteiger partial charge >= 0.3 is 0 Å². The number of non-ortho nitro benzene ring substituents is 1. The summed E-state index contributed by atoms with van der Waals surface area (Å²) in [6, 6.07) is 16.4. The highest BCUT2D eigenvalue weighted by molar-refractivity contribution is 6.14. The molecule has 162 valence electrons. The van der Waals surface area contributed by atoms with Gasteiger partial charge in [-0.05, 0) is 48.0 Å². The van der Waals surface area contributed by atoms with Crippen LogP contribution in [0.5, 0.6) is 23.0 Å². The minimum Gasteiger partial charge on any atom is -0.497 e. The number of carbonyl (C=O) groups is 1. The summed E-state index contributed by atoms with van der Waals surface area (Å²) in [7, 11) is 3.10. The number of nitrogens with zero attached hydrogens (tertiary/aromatic N) is 1. The predicted molar refractivity (Wildman–Crippen MR) is 116 cm³/mol. The minimum absolute atomic E-state index is 0.0194. The maximum atomic E-state index is 12.7. The van der Waals surface area contributed by atoms with E-state index in [1.54, 1.807) is 61.7 Å². The molecule has 0 amide bonds. The Labute approximate surface area is 183 Å². The number of methoxy groups -OCH3 is 2. The SMILES string of the molecule is COc1ccc(/C=C2\Oc3cc(OCc4ccc([N+](=O)[O-])cc4)ccc3C2=O)c(OC)c1. The number of nitro benzene ring substituents is 1. The molecule has 0 atom stereocenters. The average molecular weight is 433 g/mol. The Morgan fingerprint density at radius 1 is 0.969 bits per heavy atom. The predicted octanol–water partition coefficient (Wildman–Crippen LogP) is 4.81. The van der Waals surface area contributed by atoms with Crippen molar-refractivity contribution in [1.29, 1.82) is 0 Å². The van der Waals surface area contributed by atoms with Crippen molar-refractivity contribution in [1.82, 2.24) is 0 Å². The topological polar surface area (TPSA) is 97.1 Å². The molecule has 0 unspecified atom stereocenters. The molecule has 8 nitrogen and oxygen atoms in total. The molecule has 0 N–H and O–H groups in total. The van der Waals surface area contributed by atoms with E-state index < -0.39 is 4.92 Å². The van der Waals surface area contributed by atoms with Crippen molar-refractivity contribution in [3.05, 3.63) is 93.2 Å². The van der Waals surface area contributed by atoms with E-state index in [-0.39, 0.29) is 23.8 Å². The summed E-state index contributed by atoms with van der Waals surface area (Å²) in [5, 5.41) is 10.7. The normalized spacial score (nSPS) is 13.4. The van der Waals surface area contributed by atoms with Crippen LogP contribution < -0.4 is 18.9 Å². The van der Waals surface area contributed by atoms with Gasteiger partial charge in [0.05, 0.1) is 24.7 Å². The van der Waals surface area contributed by atoms with Crippen LogP contribution in [0.15, 0.2) is 66.4 Å². The molecule has 0 aliphatic carbocycles. The summed E-state index contributed by atoms with van der Waals surface area (Å²) in [6.45, 7) is 0.219. The Hall–Kier alpha value is -4.33. The summed E-state index contributed by atoms with van der Waals surface area (Å²) in [4.78, 5) is 23.0. The first-order valence-corrected chi connectivity index (χ1v) is 9.65. The van der Waals surface area contributed by atoms with Gasteiger partial charge in [0.25, 0.3) is 5.69 Å². The molecule has 32 heavy (non-hydrogen) atoms. The third-order valence-corrected chi connectivity index (χ3v) is 4.92. The van der Waals surface area contributed by atoms with Crippen molar-refractivity contribution in [2.24, 2.45) is 0 Å².